The van der Waals surface area contributed by atoms with Gasteiger partial charge in [0, 0.05) is 25.4 Å². The van der Waals surface area contributed by atoms with Gasteiger partial charge in [-0.25, -0.2) is 0 Å². The molecule has 0 aliphatic carbocycles. The third-order valence-electron chi connectivity index (χ3n) is 4.27. The molecule has 0 unspecified atom stereocenters. The number of hydrogen-bond donors (Lipinski definition) is 6. The monoisotopic (exact) mass is 378 g/mol. The number of hydrogen-bond acceptors (Lipinski definition) is 6. The molecule has 0 fully saturated rings. The number of rotatable bonds is 18. The van der Waals surface area contributed by atoms with E-state index in [9.17, 15) is 0 Å². The molecule has 27 heavy (non-hydrogen) atoms. The standard InChI is InChI=1S/C21H42N6/c1-3-8-25-18-26-12-6-13-27-21-15-19(2)14-20(16-21)17-24-11-5-10-23-9-4-7-22/h14-16,23-27H,3-13,17-18,22H2,1-2H3. The van der Waals surface area contributed by atoms with Crippen LogP contribution in [-0.2, 0) is 6.54 Å². The minimum Gasteiger partial charge on any atom is -0.385 e. The van der Waals surface area contributed by atoms with Crippen LogP contribution in [0.1, 0.15) is 43.7 Å². The molecule has 156 valence electrons. The van der Waals surface area contributed by atoms with Crippen molar-refractivity contribution < 1.29 is 0 Å². The molecule has 0 aliphatic rings. The number of aryl methyl sites for hydroxylation is 1. The lowest BCUT2D eigenvalue weighted by molar-refractivity contribution is 0.571. The summed E-state index contributed by atoms with van der Waals surface area (Å²) in [6.07, 6.45) is 4.49. The van der Waals surface area contributed by atoms with Gasteiger partial charge in [-0.15, -0.1) is 0 Å². The Morgan fingerprint density at radius 2 is 1.48 bits per heavy atom. The summed E-state index contributed by atoms with van der Waals surface area (Å²) in [4.78, 5) is 0. The first kappa shape index (κ1) is 23.9. The van der Waals surface area contributed by atoms with Crippen molar-refractivity contribution in [2.45, 2.75) is 46.1 Å². The molecule has 0 aromatic heterocycles. The van der Waals surface area contributed by atoms with E-state index in [1.165, 1.54) is 23.2 Å². The summed E-state index contributed by atoms with van der Waals surface area (Å²) in [7, 11) is 0. The SMILES string of the molecule is CCCNCNCCCNc1cc(C)cc(CNCCCNCCCN)c1. The maximum Gasteiger partial charge on any atom is 0.0454 e. The van der Waals surface area contributed by atoms with Crippen molar-refractivity contribution in [1.29, 1.82) is 0 Å². The third-order valence-corrected chi connectivity index (χ3v) is 4.27. The Hall–Kier alpha value is -1.18. The molecular weight excluding hydrogens is 336 g/mol. The number of anilines is 1. The van der Waals surface area contributed by atoms with Crippen LogP contribution < -0.4 is 32.3 Å². The van der Waals surface area contributed by atoms with E-state index >= 15 is 0 Å². The number of nitrogens with two attached hydrogens (primary N) is 1. The molecule has 0 atom stereocenters. The molecule has 0 amide bonds. The number of benzene rings is 1. The lowest BCUT2D eigenvalue weighted by Gasteiger charge is -2.12. The van der Waals surface area contributed by atoms with Crippen LogP contribution >= 0.6 is 0 Å². The van der Waals surface area contributed by atoms with Crippen LogP contribution in [0.3, 0.4) is 0 Å². The van der Waals surface area contributed by atoms with E-state index in [-0.39, 0.29) is 0 Å². The molecule has 0 saturated heterocycles. The Kier molecular flexibility index (Phi) is 15.0. The molecule has 1 aromatic carbocycles. The van der Waals surface area contributed by atoms with Gasteiger partial charge < -0.3 is 32.3 Å². The van der Waals surface area contributed by atoms with Crippen molar-refractivity contribution in [3.8, 4) is 0 Å². The van der Waals surface area contributed by atoms with Gasteiger partial charge in [-0.05, 0) is 95.1 Å². The molecule has 0 bridgehead atoms. The van der Waals surface area contributed by atoms with E-state index in [2.05, 4.69) is 58.6 Å². The second-order valence-corrected chi connectivity index (χ2v) is 7.09. The van der Waals surface area contributed by atoms with E-state index in [1.54, 1.807) is 0 Å². The fourth-order valence-corrected chi connectivity index (χ4v) is 2.88. The molecule has 0 saturated carbocycles. The third kappa shape index (κ3) is 13.6. The van der Waals surface area contributed by atoms with Crippen LogP contribution in [0.15, 0.2) is 18.2 Å². The average Bonchev–Trinajstić information content (AvgIpc) is 2.65. The average molecular weight is 379 g/mol. The lowest BCUT2D eigenvalue weighted by atomic mass is 10.1. The van der Waals surface area contributed by atoms with Gasteiger partial charge in [-0.2, -0.15) is 0 Å². The second-order valence-electron chi connectivity index (χ2n) is 7.09. The summed E-state index contributed by atoms with van der Waals surface area (Å²) in [5.41, 5.74) is 9.36. The topological polar surface area (TPSA) is 86.2 Å². The van der Waals surface area contributed by atoms with Crippen molar-refractivity contribution in [2.24, 2.45) is 5.73 Å². The zero-order valence-corrected chi connectivity index (χ0v) is 17.5. The van der Waals surface area contributed by atoms with E-state index in [0.29, 0.717) is 0 Å². The summed E-state index contributed by atoms with van der Waals surface area (Å²) >= 11 is 0. The van der Waals surface area contributed by atoms with Gasteiger partial charge in [0.1, 0.15) is 0 Å². The van der Waals surface area contributed by atoms with E-state index in [4.69, 9.17) is 5.73 Å². The number of nitrogens with one attached hydrogen (secondary N) is 5. The van der Waals surface area contributed by atoms with Gasteiger partial charge in [0.15, 0.2) is 0 Å². The van der Waals surface area contributed by atoms with Gasteiger partial charge in [0.05, 0.1) is 0 Å². The first-order chi connectivity index (χ1) is 13.3. The van der Waals surface area contributed by atoms with Crippen molar-refractivity contribution >= 4 is 5.69 Å². The highest BCUT2D eigenvalue weighted by molar-refractivity contribution is 5.48. The summed E-state index contributed by atoms with van der Waals surface area (Å²) in [5, 5.41) is 17.3. The molecule has 1 rings (SSSR count). The van der Waals surface area contributed by atoms with Crippen LogP contribution in [-0.4, -0.2) is 52.5 Å². The van der Waals surface area contributed by atoms with Crippen LogP contribution in [0, 0.1) is 6.92 Å². The highest BCUT2D eigenvalue weighted by atomic mass is 15.0. The van der Waals surface area contributed by atoms with Crippen molar-refractivity contribution in [3.05, 3.63) is 29.3 Å². The van der Waals surface area contributed by atoms with Gasteiger partial charge in [0.25, 0.3) is 0 Å². The van der Waals surface area contributed by atoms with Gasteiger partial charge in [-0.3, -0.25) is 0 Å². The minimum atomic E-state index is 0.766. The summed E-state index contributed by atoms with van der Waals surface area (Å²) in [6, 6.07) is 6.75. The van der Waals surface area contributed by atoms with E-state index < -0.39 is 0 Å². The lowest BCUT2D eigenvalue weighted by Crippen LogP contribution is -2.30. The Balaban J connectivity index is 2.14. The fourth-order valence-electron chi connectivity index (χ4n) is 2.88. The van der Waals surface area contributed by atoms with Gasteiger partial charge >= 0.3 is 0 Å². The highest BCUT2D eigenvalue weighted by Gasteiger charge is 1.99. The molecule has 0 radical (unpaired) electrons. The zero-order valence-electron chi connectivity index (χ0n) is 17.5. The van der Waals surface area contributed by atoms with Crippen LogP contribution in [0.2, 0.25) is 0 Å². The van der Waals surface area contributed by atoms with E-state index in [1.807, 2.05) is 0 Å². The van der Waals surface area contributed by atoms with Gasteiger partial charge in [0.2, 0.25) is 0 Å². The summed E-state index contributed by atoms with van der Waals surface area (Å²) in [5.74, 6) is 0. The van der Waals surface area contributed by atoms with E-state index in [0.717, 1.165) is 78.3 Å². The predicted octanol–water partition coefficient (Wildman–Crippen LogP) is 1.76. The van der Waals surface area contributed by atoms with Crippen LogP contribution in [0.4, 0.5) is 5.69 Å². The summed E-state index contributed by atoms with van der Waals surface area (Å²) in [6.45, 7) is 13.1. The molecule has 1 aromatic rings. The molecule has 7 N–H and O–H groups in total. The minimum absolute atomic E-state index is 0.766. The van der Waals surface area contributed by atoms with Crippen molar-refractivity contribution in [3.63, 3.8) is 0 Å². The van der Waals surface area contributed by atoms with Crippen LogP contribution in [0.25, 0.3) is 0 Å². The molecular formula is C21H42N6. The maximum atomic E-state index is 5.48. The Morgan fingerprint density at radius 3 is 2.30 bits per heavy atom. The van der Waals surface area contributed by atoms with Crippen LogP contribution in [0.5, 0.6) is 0 Å². The quantitative estimate of drug-likeness (QED) is 0.172. The molecule has 6 heteroatoms. The first-order valence-electron chi connectivity index (χ1n) is 10.6. The Morgan fingerprint density at radius 1 is 0.778 bits per heavy atom. The Bertz CT molecular complexity index is 428. The smallest absolute Gasteiger partial charge is 0.0454 e. The fraction of sp³-hybridized carbons (Fsp3) is 0.714. The highest BCUT2D eigenvalue weighted by Crippen LogP contribution is 2.14. The molecule has 6 nitrogen and oxygen atoms in total. The molecule has 0 heterocycles. The first-order valence-corrected chi connectivity index (χ1v) is 10.6. The summed E-state index contributed by atoms with van der Waals surface area (Å²) < 4.78 is 0. The largest absolute Gasteiger partial charge is 0.385 e. The normalized spacial score (nSPS) is 11.1. The van der Waals surface area contributed by atoms with Gasteiger partial charge in [-0.1, -0.05) is 13.0 Å². The second kappa shape index (κ2) is 17.0. The predicted molar refractivity (Wildman–Crippen MR) is 118 cm³/mol. The van der Waals surface area contributed by atoms with Crippen molar-refractivity contribution in [1.82, 2.24) is 21.3 Å². The molecule has 0 spiro atoms. The molecule has 0 aliphatic heterocycles. The zero-order chi connectivity index (χ0) is 19.6. The van der Waals surface area contributed by atoms with Crippen molar-refractivity contribution in [2.75, 3.05) is 57.8 Å². The maximum absolute atomic E-state index is 5.48. The Labute approximate surface area is 166 Å².